The monoisotopic (exact) mass is 249 g/mol. The molecule has 0 bridgehead atoms. The summed E-state index contributed by atoms with van der Waals surface area (Å²) in [5.41, 5.74) is 1.45. The average molecular weight is 249 g/mol. The van der Waals surface area contributed by atoms with Crippen LogP contribution in [0, 0.1) is 5.82 Å². The Morgan fingerprint density at radius 3 is 2.78 bits per heavy atom. The van der Waals surface area contributed by atoms with E-state index in [0.29, 0.717) is 11.9 Å². The van der Waals surface area contributed by atoms with Crippen molar-refractivity contribution in [1.29, 1.82) is 0 Å². The zero-order valence-corrected chi connectivity index (χ0v) is 10.5. The van der Waals surface area contributed by atoms with Gasteiger partial charge < -0.3 is 9.67 Å². The third kappa shape index (κ3) is 2.23. The summed E-state index contributed by atoms with van der Waals surface area (Å²) in [6.45, 7) is 3.96. The Bertz CT molecular complexity index is 587. The summed E-state index contributed by atoms with van der Waals surface area (Å²) in [5, 5.41) is 9.55. The highest BCUT2D eigenvalue weighted by molar-refractivity contribution is 5.85. The van der Waals surface area contributed by atoms with Gasteiger partial charge in [0, 0.05) is 24.0 Å². The molecule has 0 saturated carbocycles. The van der Waals surface area contributed by atoms with Gasteiger partial charge in [-0.05, 0) is 31.9 Å². The molecule has 1 N–H and O–H groups in total. The number of para-hydroxylation sites is 1. The second kappa shape index (κ2) is 4.80. The zero-order chi connectivity index (χ0) is 13.3. The Hall–Kier alpha value is -1.84. The van der Waals surface area contributed by atoms with Crippen LogP contribution in [0.2, 0.25) is 0 Å². The fourth-order valence-corrected chi connectivity index (χ4v) is 2.19. The Kier molecular flexibility index (Phi) is 3.36. The molecule has 0 radical (unpaired) electrons. The topological polar surface area (TPSA) is 42.2 Å². The van der Waals surface area contributed by atoms with Crippen LogP contribution in [0.25, 0.3) is 10.9 Å². The number of fused-ring (bicyclic) bond motifs is 1. The number of carbonyl (C=O) groups is 1. The third-order valence-corrected chi connectivity index (χ3v) is 3.05. The van der Waals surface area contributed by atoms with Crippen LogP contribution < -0.4 is 0 Å². The highest BCUT2D eigenvalue weighted by atomic mass is 19.1. The van der Waals surface area contributed by atoms with E-state index in [1.54, 1.807) is 6.07 Å². The Balaban J connectivity index is 2.54. The van der Waals surface area contributed by atoms with Crippen LogP contribution in [0.4, 0.5) is 4.39 Å². The van der Waals surface area contributed by atoms with Crippen LogP contribution in [0.1, 0.15) is 31.9 Å². The maximum atomic E-state index is 13.9. The number of aryl methyl sites for hydroxylation is 1. The number of halogens is 1. The molecule has 0 unspecified atom stereocenters. The van der Waals surface area contributed by atoms with Crippen LogP contribution >= 0.6 is 0 Å². The molecule has 0 fully saturated rings. The molecule has 0 spiro atoms. The fraction of sp³-hybridized carbons (Fsp3) is 0.357. The lowest BCUT2D eigenvalue weighted by Gasteiger charge is -2.09. The second-order valence-corrected chi connectivity index (χ2v) is 4.69. The van der Waals surface area contributed by atoms with E-state index < -0.39 is 5.97 Å². The molecule has 0 aliphatic carbocycles. The third-order valence-electron chi connectivity index (χ3n) is 3.05. The van der Waals surface area contributed by atoms with E-state index >= 15 is 0 Å². The van der Waals surface area contributed by atoms with Crippen LogP contribution in [0.15, 0.2) is 24.4 Å². The van der Waals surface area contributed by atoms with Crippen LogP contribution in [0.5, 0.6) is 0 Å². The number of benzene rings is 1. The van der Waals surface area contributed by atoms with Gasteiger partial charge >= 0.3 is 5.97 Å². The fourth-order valence-electron chi connectivity index (χ4n) is 2.19. The molecule has 0 amide bonds. The number of aliphatic carboxylic acids is 1. The molecule has 1 heterocycles. The normalized spacial score (nSPS) is 11.3. The van der Waals surface area contributed by atoms with Crippen molar-refractivity contribution in [3.8, 4) is 0 Å². The van der Waals surface area contributed by atoms with Gasteiger partial charge in [-0.1, -0.05) is 12.1 Å². The first-order chi connectivity index (χ1) is 8.50. The standard InChI is InChI=1S/C14H16FNO2/c1-9(2)16-8-10(6-7-13(17)18)11-4-3-5-12(15)14(11)16/h3-5,8-9H,6-7H2,1-2H3,(H,17,18). The number of hydrogen-bond donors (Lipinski definition) is 1. The van der Waals surface area contributed by atoms with Crippen molar-refractivity contribution < 1.29 is 14.3 Å². The second-order valence-electron chi connectivity index (χ2n) is 4.69. The number of nitrogens with zero attached hydrogens (tertiary/aromatic N) is 1. The largest absolute Gasteiger partial charge is 0.481 e. The highest BCUT2D eigenvalue weighted by Gasteiger charge is 2.14. The molecule has 0 atom stereocenters. The van der Waals surface area contributed by atoms with Gasteiger partial charge in [-0.2, -0.15) is 0 Å². The molecular weight excluding hydrogens is 233 g/mol. The van der Waals surface area contributed by atoms with Gasteiger partial charge in [0.25, 0.3) is 0 Å². The van der Waals surface area contributed by atoms with Crippen molar-refractivity contribution >= 4 is 16.9 Å². The van der Waals surface area contributed by atoms with Crippen molar-refractivity contribution in [3.63, 3.8) is 0 Å². The number of hydrogen-bond acceptors (Lipinski definition) is 1. The van der Waals surface area contributed by atoms with Gasteiger partial charge in [-0.3, -0.25) is 4.79 Å². The predicted octanol–water partition coefficient (Wildman–Crippen LogP) is 3.38. The van der Waals surface area contributed by atoms with Crippen LogP contribution in [-0.2, 0) is 11.2 Å². The lowest BCUT2D eigenvalue weighted by Crippen LogP contribution is -2.00. The summed E-state index contributed by atoms with van der Waals surface area (Å²) in [4.78, 5) is 10.6. The smallest absolute Gasteiger partial charge is 0.303 e. The summed E-state index contributed by atoms with van der Waals surface area (Å²) < 4.78 is 15.7. The van der Waals surface area contributed by atoms with E-state index in [1.807, 2.05) is 30.7 Å². The highest BCUT2D eigenvalue weighted by Crippen LogP contribution is 2.27. The molecule has 4 heteroatoms. The minimum Gasteiger partial charge on any atom is -0.481 e. The maximum Gasteiger partial charge on any atom is 0.303 e. The number of aromatic nitrogens is 1. The number of carboxylic acids is 1. The quantitative estimate of drug-likeness (QED) is 0.902. The van der Waals surface area contributed by atoms with E-state index in [9.17, 15) is 9.18 Å². The molecular formula is C14H16FNO2. The van der Waals surface area contributed by atoms with Crippen molar-refractivity contribution in [1.82, 2.24) is 4.57 Å². The summed E-state index contributed by atoms with van der Waals surface area (Å²) >= 11 is 0. The molecule has 1 aromatic carbocycles. The minimum absolute atomic E-state index is 0.0632. The van der Waals surface area contributed by atoms with Gasteiger partial charge in [0.15, 0.2) is 0 Å². The van der Waals surface area contributed by atoms with Crippen molar-refractivity contribution in [2.75, 3.05) is 0 Å². The molecule has 0 aliphatic heterocycles. The molecule has 96 valence electrons. The van der Waals surface area contributed by atoms with E-state index in [-0.39, 0.29) is 18.3 Å². The Labute approximate surface area is 105 Å². The number of carboxylic acid groups (broad SMARTS) is 1. The minimum atomic E-state index is -0.836. The van der Waals surface area contributed by atoms with Gasteiger partial charge in [0.2, 0.25) is 0 Å². The summed E-state index contributed by atoms with van der Waals surface area (Å²) in [6.07, 6.45) is 2.35. The maximum absolute atomic E-state index is 13.9. The first-order valence-electron chi connectivity index (χ1n) is 6.00. The molecule has 18 heavy (non-hydrogen) atoms. The molecule has 1 aromatic heterocycles. The predicted molar refractivity (Wildman–Crippen MR) is 68.2 cm³/mol. The molecule has 2 aromatic rings. The zero-order valence-electron chi connectivity index (χ0n) is 10.5. The molecule has 2 rings (SSSR count). The number of rotatable bonds is 4. The SMILES string of the molecule is CC(C)n1cc(CCC(=O)O)c2cccc(F)c21. The average Bonchev–Trinajstić information content (AvgIpc) is 2.67. The summed E-state index contributed by atoms with van der Waals surface area (Å²) in [7, 11) is 0. The first kappa shape index (κ1) is 12.6. The Morgan fingerprint density at radius 2 is 2.17 bits per heavy atom. The molecule has 0 aliphatic rings. The van der Waals surface area contributed by atoms with E-state index in [0.717, 1.165) is 10.9 Å². The summed E-state index contributed by atoms with van der Waals surface area (Å²) in [5.74, 6) is -1.10. The van der Waals surface area contributed by atoms with Crippen molar-refractivity contribution in [2.45, 2.75) is 32.7 Å². The van der Waals surface area contributed by atoms with Gasteiger partial charge in [0.05, 0.1) is 5.52 Å². The first-order valence-corrected chi connectivity index (χ1v) is 6.00. The lowest BCUT2D eigenvalue weighted by atomic mass is 10.1. The summed E-state index contributed by atoms with van der Waals surface area (Å²) in [6, 6.07) is 5.08. The van der Waals surface area contributed by atoms with E-state index in [2.05, 4.69) is 0 Å². The lowest BCUT2D eigenvalue weighted by molar-refractivity contribution is -0.136. The van der Waals surface area contributed by atoms with E-state index in [4.69, 9.17) is 5.11 Å². The van der Waals surface area contributed by atoms with Gasteiger partial charge in [-0.15, -0.1) is 0 Å². The van der Waals surface area contributed by atoms with Gasteiger partial charge in [0.1, 0.15) is 5.82 Å². The van der Waals surface area contributed by atoms with Gasteiger partial charge in [-0.25, -0.2) is 4.39 Å². The molecule has 3 nitrogen and oxygen atoms in total. The molecule has 0 saturated heterocycles. The Morgan fingerprint density at radius 1 is 1.44 bits per heavy atom. The van der Waals surface area contributed by atoms with Crippen molar-refractivity contribution in [3.05, 3.63) is 35.8 Å². The van der Waals surface area contributed by atoms with Crippen molar-refractivity contribution in [2.24, 2.45) is 0 Å². The van der Waals surface area contributed by atoms with Crippen LogP contribution in [-0.4, -0.2) is 15.6 Å². The van der Waals surface area contributed by atoms with Crippen LogP contribution in [0.3, 0.4) is 0 Å². The van der Waals surface area contributed by atoms with E-state index in [1.165, 1.54) is 6.07 Å².